The highest BCUT2D eigenvalue weighted by molar-refractivity contribution is 5.89. The Labute approximate surface area is 90.2 Å². The van der Waals surface area contributed by atoms with Crippen LogP contribution in [0.4, 0.5) is 0 Å². The number of esters is 1. The normalized spacial score (nSPS) is 12.6. The maximum absolute atomic E-state index is 11.3. The highest BCUT2D eigenvalue weighted by Crippen LogP contribution is 2.19. The molecule has 3 nitrogen and oxygen atoms in total. The molecular weight excluding hydrogens is 190 g/mol. The zero-order chi connectivity index (χ0) is 11.4. The van der Waals surface area contributed by atoms with Crippen LogP contribution in [-0.4, -0.2) is 13.1 Å². The molecule has 0 aliphatic heterocycles. The fourth-order valence-electron chi connectivity index (χ4n) is 1.38. The molecule has 0 aliphatic rings. The summed E-state index contributed by atoms with van der Waals surface area (Å²) in [6, 6.07) is 7.22. The van der Waals surface area contributed by atoms with E-state index in [-0.39, 0.29) is 12.0 Å². The fourth-order valence-corrected chi connectivity index (χ4v) is 1.38. The van der Waals surface area contributed by atoms with Gasteiger partial charge in [0.15, 0.2) is 0 Å². The van der Waals surface area contributed by atoms with E-state index < -0.39 is 0 Å². The molecule has 1 rings (SSSR count). The molecule has 82 valence electrons. The molecule has 15 heavy (non-hydrogen) atoms. The standard InChI is InChI=1S/C12H17NO2/c1-8(2)11(13)9-5-4-6-10(7-9)12(14)15-3/h4-8,11H,13H2,1-3H3. The van der Waals surface area contributed by atoms with Gasteiger partial charge in [-0.05, 0) is 23.6 Å². The average Bonchev–Trinajstić information content (AvgIpc) is 2.27. The lowest BCUT2D eigenvalue weighted by molar-refractivity contribution is 0.0600. The van der Waals surface area contributed by atoms with E-state index in [0.717, 1.165) is 5.56 Å². The van der Waals surface area contributed by atoms with E-state index in [1.54, 1.807) is 12.1 Å². The molecule has 1 unspecified atom stereocenters. The van der Waals surface area contributed by atoms with E-state index in [9.17, 15) is 4.79 Å². The third-order valence-electron chi connectivity index (χ3n) is 2.41. The minimum atomic E-state index is -0.326. The van der Waals surface area contributed by atoms with Crippen molar-refractivity contribution in [3.63, 3.8) is 0 Å². The van der Waals surface area contributed by atoms with Crippen LogP contribution in [0, 0.1) is 5.92 Å². The molecule has 0 amide bonds. The molecule has 0 radical (unpaired) electrons. The zero-order valence-corrected chi connectivity index (χ0v) is 9.36. The summed E-state index contributed by atoms with van der Waals surface area (Å²) < 4.78 is 4.65. The molecule has 1 aromatic rings. The predicted octanol–water partition coefficient (Wildman–Crippen LogP) is 2.13. The van der Waals surface area contributed by atoms with Crippen LogP contribution in [0.3, 0.4) is 0 Å². The molecule has 0 saturated heterocycles. The van der Waals surface area contributed by atoms with E-state index in [4.69, 9.17) is 5.73 Å². The Morgan fingerprint density at radius 2 is 2.07 bits per heavy atom. The number of hydrogen-bond acceptors (Lipinski definition) is 3. The van der Waals surface area contributed by atoms with Crippen molar-refractivity contribution in [1.82, 2.24) is 0 Å². The molecule has 3 heteroatoms. The lowest BCUT2D eigenvalue weighted by Crippen LogP contribution is -2.17. The summed E-state index contributed by atoms with van der Waals surface area (Å²) in [4.78, 5) is 11.3. The topological polar surface area (TPSA) is 52.3 Å². The summed E-state index contributed by atoms with van der Waals surface area (Å²) in [5.41, 5.74) is 7.51. The summed E-state index contributed by atoms with van der Waals surface area (Å²) in [5.74, 6) is 0.0192. The third kappa shape index (κ3) is 2.80. The van der Waals surface area contributed by atoms with Gasteiger partial charge in [0.05, 0.1) is 12.7 Å². The number of nitrogens with two attached hydrogens (primary N) is 1. The molecule has 1 aromatic carbocycles. The average molecular weight is 207 g/mol. The molecule has 2 N–H and O–H groups in total. The van der Waals surface area contributed by atoms with Gasteiger partial charge in [0.2, 0.25) is 0 Å². The van der Waals surface area contributed by atoms with Crippen LogP contribution in [-0.2, 0) is 4.74 Å². The number of rotatable bonds is 3. The van der Waals surface area contributed by atoms with Gasteiger partial charge in [-0.25, -0.2) is 4.79 Å². The van der Waals surface area contributed by atoms with Crippen LogP contribution < -0.4 is 5.73 Å². The Kier molecular flexibility index (Phi) is 3.86. The highest BCUT2D eigenvalue weighted by Gasteiger charge is 2.12. The molecule has 0 fully saturated rings. The largest absolute Gasteiger partial charge is 0.465 e. The third-order valence-corrected chi connectivity index (χ3v) is 2.41. The van der Waals surface area contributed by atoms with E-state index in [2.05, 4.69) is 18.6 Å². The first-order valence-electron chi connectivity index (χ1n) is 5.00. The molecule has 0 spiro atoms. The van der Waals surface area contributed by atoms with Gasteiger partial charge in [-0.3, -0.25) is 0 Å². The van der Waals surface area contributed by atoms with E-state index in [1.807, 2.05) is 12.1 Å². The number of carbonyl (C=O) groups is 1. The first-order valence-corrected chi connectivity index (χ1v) is 5.00. The van der Waals surface area contributed by atoms with Crippen molar-refractivity contribution in [2.24, 2.45) is 11.7 Å². The SMILES string of the molecule is COC(=O)c1cccc(C(N)C(C)C)c1. The van der Waals surface area contributed by atoms with Gasteiger partial charge in [-0.1, -0.05) is 26.0 Å². The Bertz CT molecular complexity index is 347. The van der Waals surface area contributed by atoms with Gasteiger partial charge < -0.3 is 10.5 Å². The number of methoxy groups -OCH3 is 1. The van der Waals surface area contributed by atoms with Crippen LogP contribution >= 0.6 is 0 Å². The van der Waals surface area contributed by atoms with Gasteiger partial charge in [0.1, 0.15) is 0 Å². The molecule has 0 aromatic heterocycles. The second-order valence-electron chi connectivity index (χ2n) is 3.89. The monoisotopic (exact) mass is 207 g/mol. The number of hydrogen-bond donors (Lipinski definition) is 1. The Morgan fingerprint density at radius 3 is 2.60 bits per heavy atom. The van der Waals surface area contributed by atoms with Crippen molar-refractivity contribution in [2.45, 2.75) is 19.9 Å². The van der Waals surface area contributed by atoms with Gasteiger partial charge in [-0.2, -0.15) is 0 Å². The second kappa shape index (κ2) is 4.94. The quantitative estimate of drug-likeness (QED) is 0.772. The first-order chi connectivity index (χ1) is 7.06. The maximum Gasteiger partial charge on any atom is 0.337 e. The van der Waals surface area contributed by atoms with Crippen LogP contribution in [0.15, 0.2) is 24.3 Å². The van der Waals surface area contributed by atoms with Crippen molar-refractivity contribution >= 4 is 5.97 Å². The smallest absolute Gasteiger partial charge is 0.337 e. The lowest BCUT2D eigenvalue weighted by atomic mass is 9.96. The Hall–Kier alpha value is -1.35. The van der Waals surface area contributed by atoms with Gasteiger partial charge in [0, 0.05) is 6.04 Å². The van der Waals surface area contributed by atoms with Crippen LogP contribution in [0.1, 0.15) is 35.8 Å². The molecule has 0 aliphatic carbocycles. The van der Waals surface area contributed by atoms with Crippen molar-refractivity contribution in [1.29, 1.82) is 0 Å². The van der Waals surface area contributed by atoms with Crippen molar-refractivity contribution in [3.8, 4) is 0 Å². The molecule has 0 bridgehead atoms. The van der Waals surface area contributed by atoms with Gasteiger partial charge >= 0.3 is 5.97 Å². The van der Waals surface area contributed by atoms with Crippen LogP contribution in [0.5, 0.6) is 0 Å². The van der Waals surface area contributed by atoms with E-state index in [1.165, 1.54) is 7.11 Å². The lowest BCUT2D eigenvalue weighted by Gasteiger charge is -2.16. The zero-order valence-electron chi connectivity index (χ0n) is 9.36. The van der Waals surface area contributed by atoms with Gasteiger partial charge in [-0.15, -0.1) is 0 Å². The van der Waals surface area contributed by atoms with Crippen molar-refractivity contribution in [3.05, 3.63) is 35.4 Å². The summed E-state index contributed by atoms with van der Waals surface area (Å²) in [6.45, 7) is 4.10. The molecular formula is C12H17NO2. The number of benzene rings is 1. The minimum Gasteiger partial charge on any atom is -0.465 e. The van der Waals surface area contributed by atoms with E-state index >= 15 is 0 Å². The maximum atomic E-state index is 11.3. The minimum absolute atomic E-state index is 0.0467. The van der Waals surface area contributed by atoms with Crippen LogP contribution in [0.2, 0.25) is 0 Å². The summed E-state index contributed by atoms with van der Waals surface area (Å²) in [7, 11) is 1.37. The first kappa shape index (κ1) is 11.7. The van der Waals surface area contributed by atoms with Gasteiger partial charge in [0.25, 0.3) is 0 Å². The number of ether oxygens (including phenoxy) is 1. The van der Waals surface area contributed by atoms with Crippen LogP contribution in [0.25, 0.3) is 0 Å². The van der Waals surface area contributed by atoms with E-state index in [0.29, 0.717) is 11.5 Å². The number of carbonyl (C=O) groups excluding carboxylic acids is 1. The van der Waals surface area contributed by atoms with Crippen molar-refractivity contribution in [2.75, 3.05) is 7.11 Å². The van der Waals surface area contributed by atoms with Crippen molar-refractivity contribution < 1.29 is 9.53 Å². The second-order valence-corrected chi connectivity index (χ2v) is 3.89. The summed E-state index contributed by atoms with van der Waals surface area (Å²) >= 11 is 0. The molecule has 0 saturated carbocycles. The fraction of sp³-hybridized carbons (Fsp3) is 0.417. The molecule has 1 atom stereocenters. The summed E-state index contributed by atoms with van der Waals surface area (Å²) in [6.07, 6.45) is 0. The Balaban J connectivity index is 2.97. The predicted molar refractivity (Wildman–Crippen MR) is 59.5 cm³/mol. The molecule has 0 heterocycles. The highest BCUT2D eigenvalue weighted by atomic mass is 16.5. The summed E-state index contributed by atoms with van der Waals surface area (Å²) in [5, 5.41) is 0. The Morgan fingerprint density at radius 1 is 1.40 bits per heavy atom.